The van der Waals surface area contributed by atoms with Crippen LogP contribution in [0.1, 0.15) is 83.9 Å². The quantitative estimate of drug-likeness (QED) is 0.240. The zero-order valence-corrected chi connectivity index (χ0v) is 24.8. The minimum absolute atomic E-state index is 0. The summed E-state index contributed by atoms with van der Waals surface area (Å²) >= 11 is 0. The average Bonchev–Trinajstić information content (AvgIpc) is 3.15. The minimum Gasteiger partial charge on any atom is -0.748 e. The van der Waals surface area contributed by atoms with E-state index in [1.807, 2.05) is 6.92 Å². The van der Waals surface area contributed by atoms with Crippen molar-refractivity contribution in [3.63, 3.8) is 0 Å². The Morgan fingerprint density at radius 2 is 1.75 bits per heavy atom. The first-order chi connectivity index (χ1) is 17.8. The minimum atomic E-state index is -4.39. The summed E-state index contributed by atoms with van der Waals surface area (Å²) in [6.07, 6.45) is -5.18. The third-order valence-corrected chi connectivity index (χ3v) is 11.0. The first-order valence-corrected chi connectivity index (χ1v) is 14.6. The molecule has 11 atom stereocenters. The van der Waals surface area contributed by atoms with Crippen LogP contribution in [0.15, 0.2) is 0 Å². The predicted molar refractivity (Wildman–Crippen MR) is 130 cm³/mol. The molecule has 1 amide bonds. The number of aliphatic hydroxyl groups is 3. The van der Waals surface area contributed by atoms with Gasteiger partial charge in [0.2, 0.25) is 5.91 Å². The Labute approximate surface area is 244 Å². The average molecular weight is 542 g/mol. The van der Waals surface area contributed by atoms with E-state index in [2.05, 4.69) is 19.2 Å². The van der Waals surface area contributed by atoms with E-state index in [0.717, 1.165) is 19.3 Å². The van der Waals surface area contributed by atoms with Crippen molar-refractivity contribution in [3.8, 4) is 0 Å². The maximum absolute atomic E-state index is 12.2. The molecule has 4 fully saturated rings. The van der Waals surface area contributed by atoms with Crippen LogP contribution in [0.4, 0.5) is 0 Å². The fraction of sp³-hybridized carbons (Fsp3) is 0.962. The number of carbonyl (C=O) groups excluding carboxylic acids is 1. The van der Waals surface area contributed by atoms with Crippen LogP contribution < -0.4 is 34.9 Å². The predicted octanol–water partition coefficient (Wildman–Crippen LogP) is -0.970. The van der Waals surface area contributed by atoms with Crippen LogP contribution in [0.5, 0.6) is 0 Å². The number of carbonyl (C=O) groups is 1. The second kappa shape index (κ2) is 11.4. The van der Waals surface area contributed by atoms with E-state index in [-0.39, 0.29) is 89.9 Å². The van der Waals surface area contributed by atoms with Crippen LogP contribution in [0.25, 0.3) is 0 Å². The summed E-state index contributed by atoms with van der Waals surface area (Å²) in [5.41, 5.74) is -1.11. The van der Waals surface area contributed by atoms with Gasteiger partial charge in [-0.1, -0.05) is 20.8 Å². The molecule has 0 aromatic heterocycles. The van der Waals surface area contributed by atoms with E-state index in [0.29, 0.717) is 12.8 Å². The van der Waals surface area contributed by atoms with Gasteiger partial charge < -0.3 is 25.2 Å². The van der Waals surface area contributed by atoms with Crippen molar-refractivity contribution in [2.75, 3.05) is 12.3 Å². The van der Waals surface area contributed by atoms with Crippen molar-refractivity contribution in [3.05, 3.63) is 0 Å². The molecule has 0 spiro atoms. The maximum atomic E-state index is 12.2. The Balaban J connectivity index is 0.00000441. The first-order valence-electron chi connectivity index (χ1n) is 15.0. The molecule has 4 rings (SSSR count). The summed E-state index contributed by atoms with van der Waals surface area (Å²) in [6, 6.07) is 0. The van der Waals surface area contributed by atoms with Gasteiger partial charge in [-0.15, -0.1) is 0 Å². The smallest absolute Gasteiger partial charge is 0.748 e. The monoisotopic (exact) mass is 541 g/mol. The molecule has 8 nitrogen and oxygen atoms in total. The van der Waals surface area contributed by atoms with E-state index in [1.165, 1.54) is 0 Å². The van der Waals surface area contributed by atoms with E-state index >= 15 is 0 Å². The standard InChI is InChI=1S/C26H45NO7S.Na/c1-15(4-7-21(29)27-12-13-35(32,33)34)17-5-6-18-22-19(9-11-25(17,18)2)26(3)10-8-16(28)14-20(26)23(30)24(22)31;/h15-20,22-24,28,30-31H,4-14H2,1-3H3,(H,27,29)(H,32,33,34);/q;+1/p-1/t15-,16-,17-,18+,19+,20+,22+,23+,24-,25-,26-;/m1./s1/i8D2,14D2;. The van der Waals surface area contributed by atoms with Crippen molar-refractivity contribution in [2.45, 2.75) is 96.8 Å². The molecule has 10 heteroatoms. The van der Waals surface area contributed by atoms with Gasteiger partial charge in [0, 0.05) is 18.4 Å². The third-order valence-electron chi connectivity index (χ3n) is 10.3. The summed E-state index contributed by atoms with van der Waals surface area (Å²) in [5.74, 6) is -2.10. The summed E-state index contributed by atoms with van der Waals surface area (Å²) in [4.78, 5) is 12.2. The molecule has 0 radical (unpaired) electrons. The molecule has 4 aliphatic rings. The second-order valence-electron chi connectivity index (χ2n) is 12.1. The van der Waals surface area contributed by atoms with Crippen LogP contribution in [-0.2, 0) is 14.9 Å². The Morgan fingerprint density at radius 3 is 2.42 bits per heavy atom. The number of hydrogen-bond acceptors (Lipinski definition) is 7. The van der Waals surface area contributed by atoms with Gasteiger partial charge in [0.25, 0.3) is 0 Å². The Kier molecular flexibility index (Phi) is 7.99. The molecular formula is C26H44NNaO7S. The van der Waals surface area contributed by atoms with Crippen molar-refractivity contribution >= 4 is 16.0 Å². The molecule has 0 saturated heterocycles. The van der Waals surface area contributed by atoms with Crippen molar-refractivity contribution in [1.82, 2.24) is 5.32 Å². The van der Waals surface area contributed by atoms with Crippen molar-refractivity contribution in [1.29, 1.82) is 0 Å². The van der Waals surface area contributed by atoms with E-state index in [9.17, 15) is 33.1 Å². The number of amides is 1. The molecule has 0 unspecified atom stereocenters. The number of fused-ring (bicyclic) bond motifs is 5. The first kappa shape index (κ1) is 25.2. The fourth-order valence-corrected chi connectivity index (χ4v) is 8.85. The Morgan fingerprint density at radius 1 is 1.08 bits per heavy atom. The normalized spacial score (nSPS) is 49.4. The Hall–Kier alpha value is 0.260. The molecule has 0 aromatic rings. The fourth-order valence-electron chi connectivity index (χ4n) is 8.50. The van der Waals surface area contributed by atoms with Gasteiger partial charge in [0.15, 0.2) is 0 Å². The van der Waals surface area contributed by atoms with Gasteiger partial charge in [-0.25, -0.2) is 8.42 Å². The molecule has 0 aromatic carbocycles. The number of nitrogens with one attached hydrogen (secondary N) is 1. The van der Waals surface area contributed by atoms with Crippen molar-refractivity contribution < 1.29 is 68.1 Å². The molecule has 0 aliphatic heterocycles. The zero-order chi connectivity index (χ0) is 29.3. The topological polar surface area (TPSA) is 147 Å². The maximum Gasteiger partial charge on any atom is 1.00 e. The molecule has 0 heterocycles. The van der Waals surface area contributed by atoms with Crippen LogP contribution in [0, 0.1) is 46.3 Å². The van der Waals surface area contributed by atoms with Gasteiger partial charge in [0.1, 0.15) is 0 Å². The summed E-state index contributed by atoms with van der Waals surface area (Å²) in [6.45, 7) is 5.92. The van der Waals surface area contributed by atoms with Crippen LogP contribution in [0.3, 0.4) is 0 Å². The molecule has 4 saturated carbocycles. The number of aliphatic hydroxyl groups excluding tert-OH is 3. The summed E-state index contributed by atoms with van der Waals surface area (Å²) in [7, 11) is -4.39. The van der Waals surface area contributed by atoms with Gasteiger partial charge >= 0.3 is 29.6 Å². The van der Waals surface area contributed by atoms with E-state index in [4.69, 9.17) is 5.48 Å². The van der Waals surface area contributed by atoms with Gasteiger partial charge in [-0.05, 0) is 97.6 Å². The largest absolute Gasteiger partial charge is 1.00 e. The summed E-state index contributed by atoms with van der Waals surface area (Å²) in [5, 5.41) is 35.8. The van der Waals surface area contributed by atoms with Crippen molar-refractivity contribution in [2.24, 2.45) is 46.3 Å². The molecule has 36 heavy (non-hydrogen) atoms. The molecule has 4 N–H and O–H groups in total. The number of hydrogen-bond donors (Lipinski definition) is 4. The molecule has 4 aliphatic carbocycles. The van der Waals surface area contributed by atoms with E-state index < -0.39 is 58.3 Å². The van der Waals surface area contributed by atoms with Gasteiger partial charge in [-0.2, -0.15) is 0 Å². The molecule has 202 valence electrons. The Bertz CT molecular complexity index is 1070. The SMILES string of the molecule is [2H]C1([2H])C[C@@]2(C)[C@H]([C@H](O)[C@H](O)[C@@H]3[C@@H]2CC[C@]2(C)[C@@H]([C@H](C)CCC(=O)NCCS(=O)(=O)[O-])CC[C@@H]32)C([2H])([2H])[C@@H]1O.[Na+]. The number of rotatable bonds is 7. The zero-order valence-electron chi connectivity index (χ0n) is 25.9. The van der Waals surface area contributed by atoms with Gasteiger partial charge in [0.05, 0.1) is 34.2 Å². The van der Waals surface area contributed by atoms with Crippen LogP contribution in [-0.4, -0.2) is 64.8 Å². The van der Waals surface area contributed by atoms with E-state index in [1.54, 1.807) is 0 Å². The molecular weight excluding hydrogens is 493 g/mol. The van der Waals surface area contributed by atoms with Crippen LogP contribution in [0.2, 0.25) is 0 Å². The third kappa shape index (κ3) is 5.74. The van der Waals surface area contributed by atoms with Crippen LogP contribution >= 0.6 is 0 Å². The second-order valence-corrected chi connectivity index (χ2v) is 13.6. The van der Waals surface area contributed by atoms with Gasteiger partial charge in [-0.3, -0.25) is 4.79 Å². The summed E-state index contributed by atoms with van der Waals surface area (Å²) < 4.78 is 66.4. The molecule has 0 bridgehead atoms.